The monoisotopic (exact) mass is 203 g/mol. The summed E-state index contributed by atoms with van der Waals surface area (Å²) in [5.41, 5.74) is 0.194. The Bertz CT molecular complexity index is 571. The summed E-state index contributed by atoms with van der Waals surface area (Å²) in [5, 5.41) is 1.09. The number of hydrogen-bond acceptors (Lipinski definition) is 3. The second kappa shape index (κ2) is 3.57. The van der Waals surface area contributed by atoms with Crippen molar-refractivity contribution in [1.82, 2.24) is 4.98 Å². The molecule has 0 saturated carbocycles. The van der Waals surface area contributed by atoms with Crippen LogP contribution in [0.2, 0.25) is 0 Å². The van der Waals surface area contributed by atoms with Crippen molar-refractivity contribution in [3.05, 3.63) is 46.4 Å². The second-order valence-corrected chi connectivity index (χ2v) is 3.07. The molecule has 0 amide bonds. The number of methoxy groups -OCH3 is 1. The van der Waals surface area contributed by atoms with Gasteiger partial charge >= 0.3 is 5.97 Å². The lowest BCUT2D eigenvalue weighted by Gasteiger charge is -2.02. The maximum Gasteiger partial charge on any atom is 0.338 e. The Balaban J connectivity index is 2.83. The SMILES string of the molecule is COC(=O)c1cccc2c(=O)[nH]ccc12. The van der Waals surface area contributed by atoms with Gasteiger partial charge in [0, 0.05) is 17.0 Å². The molecule has 1 aromatic carbocycles. The van der Waals surface area contributed by atoms with Gasteiger partial charge in [0.05, 0.1) is 12.7 Å². The van der Waals surface area contributed by atoms with Crippen LogP contribution in [0.25, 0.3) is 10.8 Å². The van der Waals surface area contributed by atoms with Crippen molar-refractivity contribution < 1.29 is 9.53 Å². The van der Waals surface area contributed by atoms with Gasteiger partial charge in [-0.3, -0.25) is 4.79 Å². The number of aromatic nitrogens is 1. The lowest BCUT2D eigenvalue weighted by Crippen LogP contribution is -2.08. The first-order chi connectivity index (χ1) is 7.24. The first-order valence-corrected chi connectivity index (χ1v) is 4.43. The van der Waals surface area contributed by atoms with Gasteiger partial charge < -0.3 is 9.72 Å². The van der Waals surface area contributed by atoms with Crippen molar-refractivity contribution >= 4 is 16.7 Å². The van der Waals surface area contributed by atoms with E-state index >= 15 is 0 Å². The highest BCUT2D eigenvalue weighted by atomic mass is 16.5. The number of carbonyl (C=O) groups is 1. The number of H-pyrrole nitrogens is 1. The number of ether oxygens (including phenoxy) is 1. The predicted octanol–water partition coefficient (Wildman–Crippen LogP) is 1.31. The van der Waals surface area contributed by atoms with Crippen LogP contribution in [0.3, 0.4) is 0 Å². The van der Waals surface area contributed by atoms with E-state index in [0.29, 0.717) is 16.3 Å². The van der Waals surface area contributed by atoms with Gasteiger partial charge in [0.1, 0.15) is 0 Å². The zero-order valence-corrected chi connectivity index (χ0v) is 8.11. The van der Waals surface area contributed by atoms with Crippen molar-refractivity contribution in [2.24, 2.45) is 0 Å². The Morgan fingerprint density at radius 2 is 2.07 bits per heavy atom. The van der Waals surface area contributed by atoms with Gasteiger partial charge in [-0.15, -0.1) is 0 Å². The zero-order chi connectivity index (χ0) is 10.8. The molecule has 76 valence electrons. The molecule has 1 aromatic heterocycles. The van der Waals surface area contributed by atoms with Gasteiger partial charge in [-0.05, 0) is 18.2 Å². The third kappa shape index (κ3) is 1.50. The van der Waals surface area contributed by atoms with Gasteiger partial charge in [-0.2, -0.15) is 0 Å². The summed E-state index contributed by atoms with van der Waals surface area (Å²) in [6.07, 6.45) is 1.51. The number of rotatable bonds is 1. The molecule has 0 aliphatic rings. The Morgan fingerprint density at radius 1 is 1.27 bits per heavy atom. The van der Waals surface area contributed by atoms with E-state index in [4.69, 9.17) is 0 Å². The molecule has 0 unspecified atom stereocenters. The second-order valence-electron chi connectivity index (χ2n) is 3.07. The van der Waals surface area contributed by atoms with Crippen LogP contribution in [-0.4, -0.2) is 18.1 Å². The minimum Gasteiger partial charge on any atom is -0.465 e. The molecule has 0 bridgehead atoms. The van der Waals surface area contributed by atoms with E-state index in [1.165, 1.54) is 13.3 Å². The third-order valence-electron chi connectivity index (χ3n) is 2.22. The molecule has 0 radical (unpaired) electrons. The Hall–Kier alpha value is -2.10. The third-order valence-corrected chi connectivity index (χ3v) is 2.22. The van der Waals surface area contributed by atoms with E-state index in [-0.39, 0.29) is 5.56 Å². The highest BCUT2D eigenvalue weighted by molar-refractivity contribution is 6.04. The van der Waals surface area contributed by atoms with E-state index < -0.39 is 5.97 Å². The number of nitrogens with one attached hydrogen (secondary N) is 1. The fourth-order valence-electron chi connectivity index (χ4n) is 1.51. The highest BCUT2D eigenvalue weighted by Crippen LogP contribution is 2.15. The number of pyridine rings is 1. The predicted molar refractivity (Wildman–Crippen MR) is 55.9 cm³/mol. The zero-order valence-electron chi connectivity index (χ0n) is 8.11. The smallest absolute Gasteiger partial charge is 0.338 e. The first-order valence-electron chi connectivity index (χ1n) is 4.43. The number of aromatic amines is 1. The minimum absolute atomic E-state index is 0.210. The van der Waals surface area contributed by atoms with E-state index in [1.54, 1.807) is 24.3 Å². The van der Waals surface area contributed by atoms with Crippen LogP contribution in [0.5, 0.6) is 0 Å². The summed E-state index contributed by atoms with van der Waals surface area (Å²) >= 11 is 0. The summed E-state index contributed by atoms with van der Waals surface area (Å²) in [7, 11) is 1.31. The summed E-state index contributed by atoms with van der Waals surface area (Å²) in [6.45, 7) is 0. The molecule has 2 rings (SSSR count). The fraction of sp³-hybridized carbons (Fsp3) is 0.0909. The summed E-state index contributed by atoms with van der Waals surface area (Å²) in [6, 6.07) is 6.64. The lowest BCUT2D eigenvalue weighted by atomic mass is 10.1. The quantitative estimate of drug-likeness (QED) is 0.711. The molecule has 0 aliphatic heterocycles. The normalized spacial score (nSPS) is 10.2. The van der Waals surface area contributed by atoms with Crippen LogP contribution in [0, 0.1) is 0 Å². The molecule has 4 heteroatoms. The van der Waals surface area contributed by atoms with E-state index in [1.807, 2.05) is 0 Å². The minimum atomic E-state index is -0.439. The Morgan fingerprint density at radius 3 is 2.80 bits per heavy atom. The Kier molecular flexibility index (Phi) is 2.25. The molecule has 0 atom stereocenters. The van der Waals surface area contributed by atoms with Gasteiger partial charge in [-0.25, -0.2) is 4.79 Å². The standard InChI is InChI=1S/C11H9NO3/c1-15-11(14)9-4-2-3-8-7(9)5-6-12-10(8)13/h2-6H,1H3,(H,12,13). The molecular weight excluding hydrogens is 194 g/mol. The van der Waals surface area contributed by atoms with Gasteiger partial charge in [0.2, 0.25) is 0 Å². The van der Waals surface area contributed by atoms with Crippen molar-refractivity contribution in [3.63, 3.8) is 0 Å². The number of benzene rings is 1. The molecule has 2 aromatic rings. The maximum absolute atomic E-state index is 11.4. The highest BCUT2D eigenvalue weighted by Gasteiger charge is 2.10. The Labute approximate surface area is 85.5 Å². The van der Waals surface area contributed by atoms with Crippen LogP contribution in [0.15, 0.2) is 35.3 Å². The fourth-order valence-corrected chi connectivity index (χ4v) is 1.51. The number of hydrogen-bond donors (Lipinski definition) is 1. The molecular formula is C11H9NO3. The van der Waals surface area contributed by atoms with Crippen LogP contribution in [0.4, 0.5) is 0 Å². The summed E-state index contributed by atoms with van der Waals surface area (Å²) < 4.78 is 4.63. The van der Waals surface area contributed by atoms with E-state index in [9.17, 15) is 9.59 Å². The number of carbonyl (C=O) groups excluding carboxylic acids is 1. The number of fused-ring (bicyclic) bond motifs is 1. The average Bonchev–Trinajstić information content (AvgIpc) is 2.28. The van der Waals surface area contributed by atoms with Gasteiger partial charge in [-0.1, -0.05) is 6.07 Å². The molecule has 0 saturated heterocycles. The molecule has 0 fully saturated rings. The van der Waals surface area contributed by atoms with Crippen LogP contribution in [0.1, 0.15) is 10.4 Å². The topological polar surface area (TPSA) is 59.2 Å². The van der Waals surface area contributed by atoms with Crippen LogP contribution >= 0.6 is 0 Å². The van der Waals surface area contributed by atoms with E-state index in [0.717, 1.165) is 0 Å². The summed E-state index contributed by atoms with van der Waals surface area (Å²) in [4.78, 5) is 25.4. The molecule has 1 heterocycles. The average molecular weight is 203 g/mol. The van der Waals surface area contributed by atoms with Gasteiger partial charge in [0.15, 0.2) is 0 Å². The molecule has 4 nitrogen and oxygen atoms in total. The van der Waals surface area contributed by atoms with Gasteiger partial charge in [0.25, 0.3) is 5.56 Å². The van der Waals surface area contributed by atoms with E-state index in [2.05, 4.69) is 9.72 Å². The number of esters is 1. The lowest BCUT2D eigenvalue weighted by molar-refractivity contribution is 0.0603. The van der Waals surface area contributed by atoms with Crippen molar-refractivity contribution in [2.75, 3.05) is 7.11 Å². The molecule has 0 spiro atoms. The molecule has 1 N–H and O–H groups in total. The van der Waals surface area contributed by atoms with Crippen molar-refractivity contribution in [1.29, 1.82) is 0 Å². The van der Waals surface area contributed by atoms with Crippen LogP contribution in [-0.2, 0) is 4.74 Å². The van der Waals surface area contributed by atoms with Crippen molar-refractivity contribution in [2.45, 2.75) is 0 Å². The first kappa shape index (κ1) is 9.45. The maximum atomic E-state index is 11.4. The summed E-state index contributed by atoms with van der Waals surface area (Å²) in [5.74, 6) is -0.439. The molecule has 0 aliphatic carbocycles. The van der Waals surface area contributed by atoms with Crippen molar-refractivity contribution in [3.8, 4) is 0 Å². The molecule has 15 heavy (non-hydrogen) atoms. The van der Waals surface area contributed by atoms with Crippen LogP contribution < -0.4 is 5.56 Å². The largest absolute Gasteiger partial charge is 0.465 e.